The van der Waals surface area contributed by atoms with Crippen LogP contribution in [0.1, 0.15) is 21.1 Å². The number of hydrogen-bond acceptors (Lipinski definition) is 4. The van der Waals surface area contributed by atoms with Crippen LogP contribution < -0.4 is 5.32 Å². The number of halogens is 2. The van der Waals surface area contributed by atoms with E-state index in [4.69, 9.17) is 5.11 Å². The summed E-state index contributed by atoms with van der Waals surface area (Å²) in [6.07, 6.45) is 0.584. The zero-order valence-electron chi connectivity index (χ0n) is 10.6. The van der Waals surface area contributed by atoms with Gasteiger partial charge >= 0.3 is 5.97 Å². The summed E-state index contributed by atoms with van der Waals surface area (Å²) in [4.78, 5) is 14.9. The van der Waals surface area contributed by atoms with Crippen LogP contribution in [0, 0.1) is 18.6 Å². The first-order chi connectivity index (χ1) is 9.49. The van der Waals surface area contributed by atoms with Crippen molar-refractivity contribution in [2.24, 2.45) is 0 Å². The molecule has 106 valence electrons. The van der Waals surface area contributed by atoms with Crippen LogP contribution in [0.4, 0.5) is 14.5 Å². The highest BCUT2D eigenvalue weighted by Crippen LogP contribution is 2.21. The maximum Gasteiger partial charge on any atom is 0.338 e. The Morgan fingerprint density at radius 3 is 2.75 bits per heavy atom. The molecule has 0 aliphatic carbocycles. The summed E-state index contributed by atoms with van der Waals surface area (Å²) in [5.74, 6) is -4.03. The molecule has 2 rings (SSSR count). The summed E-state index contributed by atoms with van der Waals surface area (Å²) < 4.78 is 27.1. The Labute approximate surface area is 118 Å². The van der Waals surface area contributed by atoms with E-state index in [1.165, 1.54) is 17.4 Å². The van der Waals surface area contributed by atoms with Crippen LogP contribution in [-0.2, 0) is 6.42 Å². The Kier molecular flexibility index (Phi) is 4.29. The van der Waals surface area contributed by atoms with Crippen molar-refractivity contribution in [3.63, 3.8) is 0 Å². The van der Waals surface area contributed by atoms with E-state index in [0.717, 1.165) is 16.8 Å². The maximum atomic E-state index is 13.6. The van der Waals surface area contributed by atoms with E-state index in [1.807, 2.05) is 12.3 Å². The predicted octanol–water partition coefficient (Wildman–Crippen LogP) is 3.08. The fourth-order valence-electron chi connectivity index (χ4n) is 1.67. The molecule has 0 saturated heterocycles. The van der Waals surface area contributed by atoms with E-state index >= 15 is 0 Å². The summed E-state index contributed by atoms with van der Waals surface area (Å²) in [5.41, 5.74) is 0.192. The van der Waals surface area contributed by atoms with E-state index in [2.05, 4.69) is 10.3 Å². The van der Waals surface area contributed by atoms with E-state index < -0.39 is 23.2 Å². The van der Waals surface area contributed by atoms with Crippen molar-refractivity contribution < 1.29 is 18.7 Å². The van der Waals surface area contributed by atoms with Crippen LogP contribution in [0.25, 0.3) is 0 Å². The zero-order valence-corrected chi connectivity index (χ0v) is 11.4. The molecule has 1 aromatic heterocycles. The highest BCUT2D eigenvalue weighted by molar-refractivity contribution is 7.09. The Morgan fingerprint density at radius 1 is 1.40 bits per heavy atom. The number of carboxylic acid groups (broad SMARTS) is 1. The van der Waals surface area contributed by atoms with E-state index in [1.54, 1.807) is 0 Å². The van der Waals surface area contributed by atoms with E-state index in [9.17, 15) is 13.6 Å². The zero-order chi connectivity index (χ0) is 14.7. The summed E-state index contributed by atoms with van der Waals surface area (Å²) in [6, 6.07) is 2.26. The largest absolute Gasteiger partial charge is 0.478 e. The second-order valence-corrected chi connectivity index (χ2v) is 5.10. The van der Waals surface area contributed by atoms with Gasteiger partial charge in [0.15, 0.2) is 11.6 Å². The molecule has 0 bridgehead atoms. The standard InChI is InChI=1S/C13H12F2N2O2S/c1-7-6-20-10(17-7)4-5-16-9-3-2-8(13(18)19)11(14)12(9)15/h2-3,6,16H,4-5H2,1H3,(H,18,19). The second-order valence-electron chi connectivity index (χ2n) is 4.15. The molecule has 0 atom stereocenters. The molecule has 0 spiro atoms. The third kappa shape index (κ3) is 3.11. The van der Waals surface area contributed by atoms with Gasteiger partial charge in [0.1, 0.15) is 0 Å². The number of thiazole rings is 1. The molecule has 1 heterocycles. The summed E-state index contributed by atoms with van der Waals surface area (Å²) in [5, 5.41) is 14.2. The van der Waals surface area contributed by atoms with Crippen LogP contribution in [0.2, 0.25) is 0 Å². The number of nitrogens with zero attached hydrogens (tertiary/aromatic N) is 1. The van der Waals surface area contributed by atoms with Crippen LogP contribution in [-0.4, -0.2) is 22.6 Å². The average molecular weight is 298 g/mol. The smallest absolute Gasteiger partial charge is 0.338 e. The number of hydrogen-bond donors (Lipinski definition) is 2. The Balaban J connectivity index is 2.03. The van der Waals surface area contributed by atoms with Crippen molar-refractivity contribution >= 4 is 23.0 Å². The van der Waals surface area contributed by atoms with Gasteiger partial charge in [0, 0.05) is 24.0 Å². The van der Waals surface area contributed by atoms with Gasteiger partial charge in [-0.2, -0.15) is 0 Å². The summed E-state index contributed by atoms with van der Waals surface area (Å²) in [7, 11) is 0. The average Bonchev–Trinajstić information content (AvgIpc) is 2.80. The molecule has 0 aliphatic heterocycles. The minimum absolute atomic E-state index is 0.0548. The quantitative estimate of drug-likeness (QED) is 0.890. The highest BCUT2D eigenvalue weighted by atomic mass is 32.1. The number of benzene rings is 1. The van der Waals surface area contributed by atoms with Crippen molar-refractivity contribution in [1.82, 2.24) is 4.98 Å². The van der Waals surface area contributed by atoms with Gasteiger partial charge < -0.3 is 10.4 Å². The number of rotatable bonds is 5. The lowest BCUT2D eigenvalue weighted by molar-refractivity contribution is 0.0690. The van der Waals surface area contributed by atoms with Crippen molar-refractivity contribution in [2.45, 2.75) is 13.3 Å². The molecule has 0 radical (unpaired) electrons. The molecule has 20 heavy (non-hydrogen) atoms. The molecule has 0 fully saturated rings. The summed E-state index contributed by atoms with van der Waals surface area (Å²) in [6.45, 7) is 2.27. The molecule has 1 aromatic carbocycles. The van der Waals surface area contributed by atoms with E-state index in [-0.39, 0.29) is 5.69 Å². The van der Waals surface area contributed by atoms with Gasteiger partial charge in [-0.1, -0.05) is 0 Å². The predicted molar refractivity (Wildman–Crippen MR) is 72.4 cm³/mol. The van der Waals surface area contributed by atoms with Gasteiger partial charge in [-0.3, -0.25) is 0 Å². The first kappa shape index (κ1) is 14.4. The van der Waals surface area contributed by atoms with Crippen molar-refractivity contribution in [1.29, 1.82) is 0 Å². The minimum Gasteiger partial charge on any atom is -0.478 e. The first-order valence-electron chi connectivity index (χ1n) is 5.85. The topological polar surface area (TPSA) is 62.2 Å². The van der Waals surface area contributed by atoms with Crippen molar-refractivity contribution in [2.75, 3.05) is 11.9 Å². The first-order valence-corrected chi connectivity index (χ1v) is 6.73. The molecular weight excluding hydrogens is 286 g/mol. The van der Waals surface area contributed by atoms with Crippen LogP contribution in [0.5, 0.6) is 0 Å². The molecule has 0 unspecified atom stereocenters. The third-order valence-electron chi connectivity index (χ3n) is 2.63. The number of carboxylic acids is 1. The van der Waals surface area contributed by atoms with Crippen molar-refractivity contribution in [3.05, 3.63) is 45.4 Å². The second kappa shape index (κ2) is 5.96. The van der Waals surface area contributed by atoms with Crippen molar-refractivity contribution in [3.8, 4) is 0 Å². The minimum atomic E-state index is -1.49. The number of aromatic nitrogens is 1. The number of anilines is 1. The SMILES string of the molecule is Cc1csc(CCNc2ccc(C(=O)O)c(F)c2F)n1. The molecule has 2 N–H and O–H groups in total. The molecular formula is C13H12F2N2O2S. The molecule has 2 aromatic rings. The van der Waals surface area contributed by atoms with Gasteiger partial charge in [-0.05, 0) is 19.1 Å². The van der Waals surface area contributed by atoms with Gasteiger partial charge in [0.2, 0.25) is 0 Å². The van der Waals surface area contributed by atoms with E-state index in [0.29, 0.717) is 13.0 Å². The number of nitrogens with one attached hydrogen (secondary N) is 1. The Morgan fingerprint density at radius 2 is 2.15 bits per heavy atom. The Hall–Kier alpha value is -2.02. The molecule has 0 saturated carbocycles. The lowest BCUT2D eigenvalue weighted by Crippen LogP contribution is -2.10. The lowest BCUT2D eigenvalue weighted by atomic mass is 10.2. The number of aryl methyl sites for hydroxylation is 1. The molecule has 7 heteroatoms. The van der Waals surface area contributed by atoms with Crippen LogP contribution in [0.15, 0.2) is 17.5 Å². The molecule has 4 nitrogen and oxygen atoms in total. The fraction of sp³-hybridized carbons (Fsp3) is 0.231. The third-order valence-corrected chi connectivity index (χ3v) is 3.66. The normalized spacial score (nSPS) is 10.6. The fourth-order valence-corrected chi connectivity index (χ4v) is 2.45. The molecule has 0 aliphatic rings. The van der Waals surface area contributed by atoms with Crippen LogP contribution in [0.3, 0.4) is 0 Å². The van der Waals surface area contributed by atoms with Gasteiger partial charge in [-0.25, -0.2) is 18.6 Å². The van der Waals surface area contributed by atoms with Crippen LogP contribution >= 0.6 is 11.3 Å². The Bertz CT molecular complexity index is 643. The maximum absolute atomic E-state index is 13.6. The lowest BCUT2D eigenvalue weighted by Gasteiger charge is -2.08. The van der Waals surface area contributed by atoms with Gasteiger partial charge in [0.25, 0.3) is 0 Å². The monoisotopic (exact) mass is 298 g/mol. The van der Waals surface area contributed by atoms with Gasteiger partial charge in [0.05, 0.1) is 16.3 Å². The number of carbonyl (C=O) groups is 1. The number of aromatic carboxylic acids is 1. The molecule has 0 amide bonds. The summed E-state index contributed by atoms with van der Waals surface area (Å²) >= 11 is 1.50. The highest BCUT2D eigenvalue weighted by Gasteiger charge is 2.17. The van der Waals surface area contributed by atoms with Gasteiger partial charge in [-0.15, -0.1) is 11.3 Å².